The van der Waals surface area contributed by atoms with Crippen molar-refractivity contribution in [2.24, 2.45) is 10.5 Å². The van der Waals surface area contributed by atoms with Gasteiger partial charge in [0.15, 0.2) is 0 Å². The quantitative estimate of drug-likeness (QED) is 0.457. The van der Waals surface area contributed by atoms with Crippen molar-refractivity contribution in [3.63, 3.8) is 0 Å². The van der Waals surface area contributed by atoms with E-state index in [2.05, 4.69) is 42.2 Å². The summed E-state index contributed by atoms with van der Waals surface area (Å²) in [5.41, 5.74) is 10.5. The summed E-state index contributed by atoms with van der Waals surface area (Å²) in [5.74, 6) is 1.66. The Bertz CT molecular complexity index is 879. The van der Waals surface area contributed by atoms with Crippen molar-refractivity contribution in [2.45, 2.75) is 39.5 Å². The first-order chi connectivity index (χ1) is 14.8. The maximum Gasteiger partial charge on any atom is 0.119 e. The van der Waals surface area contributed by atoms with Crippen LogP contribution in [0.3, 0.4) is 0 Å². The summed E-state index contributed by atoms with van der Waals surface area (Å²) in [6, 6.07) is 15.4. The number of ether oxygens (including phenoxy) is 1. The van der Waals surface area contributed by atoms with Crippen LogP contribution in [0.1, 0.15) is 45.1 Å². The fourth-order valence-electron chi connectivity index (χ4n) is 3.66. The largest absolute Gasteiger partial charge is 0.508 e. The van der Waals surface area contributed by atoms with Crippen molar-refractivity contribution in [1.82, 2.24) is 4.90 Å². The normalized spacial score (nSPS) is 16.2. The minimum atomic E-state index is 0.127. The van der Waals surface area contributed by atoms with Crippen molar-refractivity contribution in [2.75, 3.05) is 31.6 Å². The number of nitrogens with zero attached hydrogens (tertiary/aromatic N) is 2. The Morgan fingerprint density at radius 2 is 1.90 bits per heavy atom. The molecule has 0 atom stereocenters. The van der Waals surface area contributed by atoms with Gasteiger partial charge in [-0.25, -0.2) is 5.53 Å². The van der Waals surface area contributed by atoms with Crippen LogP contribution < -0.4 is 10.1 Å². The Labute approximate surface area is 185 Å². The van der Waals surface area contributed by atoms with Gasteiger partial charge in [-0.1, -0.05) is 32.9 Å². The summed E-state index contributed by atoms with van der Waals surface area (Å²) in [5, 5.41) is 16.7. The molecule has 0 unspecified atom stereocenters. The highest BCUT2D eigenvalue weighted by molar-refractivity contribution is 5.48. The second-order valence-electron chi connectivity index (χ2n) is 9.41. The third-order valence-electron chi connectivity index (χ3n) is 5.39. The van der Waals surface area contributed by atoms with Crippen LogP contribution >= 0.6 is 0 Å². The Morgan fingerprint density at radius 3 is 2.52 bits per heavy atom. The molecule has 3 rings (SSSR count). The van der Waals surface area contributed by atoms with Crippen LogP contribution in [0, 0.1) is 10.9 Å². The lowest BCUT2D eigenvalue weighted by molar-refractivity contribution is 0.198. The van der Waals surface area contributed by atoms with Gasteiger partial charge in [-0.3, -0.25) is 4.90 Å². The van der Waals surface area contributed by atoms with E-state index in [0.29, 0.717) is 30.5 Å². The molecule has 3 N–H and O–H groups in total. The first-order valence-electron chi connectivity index (χ1n) is 10.9. The molecule has 0 spiro atoms. The van der Waals surface area contributed by atoms with E-state index in [9.17, 15) is 5.11 Å². The van der Waals surface area contributed by atoms with Crippen LogP contribution in [0.15, 0.2) is 65.5 Å². The highest BCUT2D eigenvalue weighted by Gasteiger charge is 2.21. The first kappa shape index (κ1) is 22.8. The molecule has 1 aliphatic heterocycles. The molecule has 0 aromatic heterocycles. The molecule has 1 saturated heterocycles. The number of phenols is 1. The van der Waals surface area contributed by atoms with Gasteiger partial charge >= 0.3 is 0 Å². The molecule has 1 fully saturated rings. The Hall–Kier alpha value is -2.86. The number of nitrogens with one attached hydrogen (secondary N) is 2. The van der Waals surface area contributed by atoms with Crippen LogP contribution in [0.2, 0.25) is 0 Å². The van der Waals surface area contributed by atoms with Gasteiger partial charge in [0.05, 0.1) is 12.3 Å². The highest BCUT2D eigenvalue weighted by atomic mass is 16.5. The molecule has 6 nitrogen and oxygen atoms in total. The molecule has 0 bridgehead atoms. The lowest BCUT2D eigenvalue weighted by Gasteiger charge is -2.32. The minimum Gasteiger partial charge on any atom is -0.508 e. The molecular weight excluding hydrogens is 388 g/mol. The van der Waals surface area contributed by atoms with Crippen LogP contribution in [-0.2, 0) is 0 Å². The number of rotatable bonds is 8. The number of hydrogen-bond acceptors (Lipinski definition) is 6. The molecule has 1 heterocycles. The molecular formula is C25H34N4O2. The van der Waals surface area contributed by atoms with Gasteiger partial charge in [0.2, 0.25) is 0 Å². The average Bonchev–Trinajstić information content (AvgIpc) is 2.76. The van der Waals surface area contributed by atoms with E-state index in [1.807, 2.05) is 36.4 Å². The predicted molar refractivity (Wildman–Crippen MR) is 125 cm³/mol. The number of anilines is 1. The van der Waals surface area contributed by atoms with E-state index in [-0.39, 0.29) is 5.41 Å². The fourth-order valence-corrected chi connectivity index (χ4v) is 3.66. The predicted octanol–water partition coefficient (Wildman–Crippen LogP) is 5.98. The molecule has 0 aliphatic carbocycles. The molecule has 1 aliphatic rings. The van der Waals surface area contributed by atoms with Gasteiger partial charge in [0.25, 0.3) is 0 Å². The highest BCUT2D eigenvalue weighted by Crippen LogP contribution is 2.30. The molecule has 0 radical (unpaired) electrons. The summed E-state index contributed by atoms with van der Waals surface area (Å²) in [7, 11) is 0. The van der Waals surface area contributed by atoms with Crippen LogP contribution in [0.5, 0.6) is 11.5 Å². The van der Waals surface area contributed by atoms with Gasteiger partial charge in [0, 0.05) is 18.4 Å². The molecule has 2 aromatic carbocycles. The maximum atomic E-state index is 9.71. The summed E-state index contributed by atoms with van der Waals surface area (Å²) in [6.45, 7) is 9.66. The van der Waals surface area contributed by atoms with Gasteiger partial charge in [-0.05, 0) is 79.2 Å². The average molecular weight is 423 g/mol. The molecule has 2 aromatic rings. The van der Waals surface area contributed by atoms with Crippen molar-refractivity contribution in [1.29, 1.82) is 5.53 Å². The van der Waals surface area contributed by atoms with Crippen molar-refractivity contribution in [3.05, 3.63) is 66.0 Å². The summed E-state index contributed by atoms with van der Waals surface area (Å²) >= 11 is 0. The zero-order valence-electron chi connectivity index (χ0n) is 18.8. The monoisotopic (exact) mass is 422 g/mol. The van der Waals surface area contributed by atoms with E-state index in [1.54, 1.807) is 12.3 Å². The Balaban J connectivity index is 1.48. The summed E-state index contributed by atoms with van der Waals surface area (Å²) in [4.78, 5) is 2.33. The minimum absolute atomic E-state index is 0.127. The van der Waals surface area contributed by atoms with E-state index in [1.165, 1.54) is 5.56 Å². The van der Waals surface area contributed by atoms with Crippen LogP contribution in [-0.4, -0.2) is 36.2 Å². The van der Waals surface area contributed by atoms with E-state index in [4.69, 9.17) is 10.3 Å². The third kappa shape index (κ3) is 7.40. The number of piperidine rings is 1. The zero-order chi connectivity index (χ0) is 22.3. The lowest BCUT2D eigenvalue weighted by Crippen LogP contribution is -2.34. The molecule has 0 saturated carbocycles. The van der Waals surface area contributed by atoms with Crippen LogP contribution in [0.25, 0.3) is 0 Å². The number of hydrogen-bond donors (Lipinski definition) is 3. The van der Waals surface area contributed by atoms with Crippen molar-refractivity contribution >= 4 is 5.69 Å². The smallest absolute Gasteiger partial charge is 0.119 e. The third-order valence-corrected chi connectivity index (χ3v) is 5.39. The molecule has 166 valence electrons. The summed E-state index contributed by atoms with van der Waals surface area (Å²) < 4.78 is 5.81. The van der Waals surface area contributed by atoms with Gasteiger partial charge < -0.3 is 15.2 Å². The summed E-state index contributed by atoms with van der Waals surface area (Å²) in [6.07, 6.45) is 3.88. The number of likely N-dealkylation sites (tertiary alicyclic amines) is 1. The number of aromatic hydroxyl groups is 1. The number of phenolic OH excluding ortho intramolecular Hbond substituents is 1. The Morgan fingerprint density at radius 1 is 1.19 bits per heavy atom. The zero-order valence-corrected chi connectivity index (χ0v) is 18.8. The standard InChI is InChI=1S/C25H34N4O2/c1-25(2,3)18-31-24-9-7-21(8-10-24)27-16-22(28-26)17-29-13-11-19(12-14-29)20-5-4-6-23(30)15-20/h4-10,15-16,19,26-27,30H,11-14,17-18H2,1-3H3/b22-16-,28-26?. The van der Waals surface area contributed by atoms with Gasteiger partial charge in [-0.15, -0.1) is 0 Å². The van der Waals surface area contributed by atoms with Crippen LogP contribution in [0.4, 0.5) is 5.69 Å². The van der Waals surface area contributed by atoms with Crippen molar-refractivity contribution < 1.29 is 9.84 Å². The van der Waals surface area contributed by atoms with Gasteiger partial charge in [0.1, 0.15) is 11.5 Å². The SMILES string of the molecule is CC(C)(C)COc1ccc(N/C=C(/CN2CCC(c3cccc(O)c3)CC2)N=N)cc1. The number of benzene rings is 2. The first-order valence-corrected chi connectivity index (χ1v) is 10.9. The second kappa shape index (κ2) is 10.4. The Kier molecular flexibility index (Phi) is 7.69. The van der Waals surface area contributed by atoms with E-state index >= 15 is 0 Å². The maximum absolute atomic E-state index is 9.71. The van der Waals surface area contributed by atoms with Crippen molar-refractivity contribution in [3.8, 4) is 11.5 Å². The topological polar surface area (TPSA) is 80.9 Å². The van der Waals surface area contributed by atoms with E-state index in [0.717, 1.165) is 37.4 Å². The second-order valence-corrected chi connectivity index (χ2v) is 9.41. The van der Waals surface area contributed by atoms with Gasteiger partial charge in [-0.2, -0.15) is 5.11 Å². The van der Waals surface area contributed by atoms with E-state index < -0.39 is 0 Å². The fraction of sp³-hybridized carbons (Fsp3) is 0.440. The molecule has 0 amide bonds. The lowest BCUT2D eigenvalue weighted by atomic mass is 9.89. The molecule has 6 heteroatoms. The molecule has 31 heavy (non-hydrogen) atoms.